The van der Waals surface area contributed by atoms with Crippen molar-refractivity contribution in [2.45, 2.75) is 12.5 Å². The second kappa shape index (κ2) is 5.60. The van der Waals surface area contributed by atoms with Crippen LogP contribution in [0.25, 0.3) is 5.52 Å². The molecule has 1 aliphatic rings. The Labute approximate surface area is 117 Å². The van der Waals surface area contributed by atoms with E-state index in [2.05, 4.69) is 15.2 Å². The third kappa shape index (κ3) is 2.66. The maximum absolute atomic E-state index is 12.1. The molecule has 6 nitrogen and oxygen atoms in total. The van der Waals surface area contributed by atoms with E-state index in [1.807, 2.05) is 28.8 Å². The van der Waals surface area contributed by atoms with Gasteiger partial charge in [-0.15, -0.1) is 0 Å². The summed E-state index contributed by atoms with van der Waals surface area (Å²) in [5, 5.41) is 12.3. The van der Waals surface area contributed by atoms with E-state index in [0.717, 1.165) is 25.0 Å². The number of hydrogen-bond acceptors (Lipinski definition) is 4. The van der Waals surface area contributed by atoms with Crippen molar-refractivity contribution in [3.8, 4) is 0 Å². The standard InChI is InChI=1S/C14H18N4O2/c19-11-4-7-17(9-11)8-5-15-14(20)13-12-3-1-2-6-18(12)10-16-13/h1-3,6,10-11,19H,4-5,7-9H2,(H,15,20)/t11-/m1/s1. The molecule has 1 aliphatic heterocycles. The SMILES string of the molecule is O=C(NCCN1CC[C@@H](O)C1)c1ncn2ccccc12. The zero-order chi connectivity index (χ0) is 13.9. The summed E-state index contributed by atoms with van der Waals surface area (Å²) in [6.45, 7) is 2.92. The Hall–Kier alpha value is -1.92. The summed E-state index contributed by atoms with van der Waals surface area (Å²) in [5.74, 6) is -0.154. The fraction of sp³-hybridized carbons (Fsp3) is 0.429. The van der Waals surface area contributed by atoms with Gasteiger partial charge in [-0.3, -0.25) is 9.69 Å². The van der Waals surface area contributed by atoms with Crippen molar-refractivity contribution in [3.63, 3.8) is 0 Å². The summed E-state index contributed by atoms with van der Waals surface area (Å²) in [7, 11) is 0. The van der Waals surface area contributed by atoms with Gasteiger partial charge in [-0.1, -0.05) is 6.07 Å². The quantitative estimate of drug-likeness (QED) is 0.831. The lowest BCUT2D eigenvalue weighted by Gasteiger charge is -2.14. The highest BCUT2D eigenvalue weighted by molar-refractivity contribution is 5.98. The summed E-state index contributed by atoms with van der Waals surface area (Å²) in [4.78, 5) is 18.4. The number of fused-ring (bicyclic) bond motifs is 1. The van der Waals surface area contributed by atoms with Gasteiger partial charge in [-0.2, -0.15) is 0 Å². The van der Waals surface area contributed by atoms with Gasteiger partial charge in [-0.05, 0) is 18.6 Å². The van der Waals surface area contributed by atoms with Crippen LogP contribution in [0.4, 0.5) is 0 Å². The lowest BCUT2D eigenvalue weighted by Crippen LogP contribution is -2.34. The van der Waals surface area contributed by atoms with Gasteiger partial charge in [0.15, 0.2) is 5.69 Å². The van der Waals surface area contributed by atoms with Gasteiger partial charge < -0.3 is 14.8 Å². The topological polar surface area (TPSA) is 69.9 Å². The minimum Gasteiger partial charge on any atom is -0.392 e. The molecule has 20 heavy (non-hydrogen) atoms. The zero-order valence-corrected chi connectivity index (χ0v) is 11.2. The molecule has 0 bridgehead atoms. The third-order valence-corrected chi connectivity index (χ3v) is 3.62. The molecule has 0 radical (unpaired) electrons. The summed E-state index contributed by atoms with van der Waals surface area (Å²) >= 11 is 0. The molecule has 1 atom stereocenters. The monoisotopic (exact) mass is 274 g/mol. The predicted octanol–water partition coefficient (Wildman–Crippen LogP) is 0.131. The summed E-state index contributed by atoms with van der Waals surface area (Å²) in [6, 6.07) is 5.66. The van der Waals surface area contributed by atoms with E-state index in [9.17, 15) is 9.90 Å². The Morgan fingerprint density at radius 3 is 3.20 bits per heavy atom. The van der Waals surface area contributed by atoms with E-state index in [-0.39, 0.29) is 12.0 Å². The van der Waals surface area contributed by atoms with Crippen LogP contribution in [0.15, 0.2) is 30.7 Å². The van der Waals surface area contributed by atoms with Crippen LogP contribution in [0.2, 0.25) is 0 Å². The van der Waals surface area contributed by atoms with Crippen LogP contribution in [0.3, 0.4) is 0 Å². The Morgan fingerprint density at radius 1 is 1.50 bits per heavy atom. The molecule has 106 valence electrons. The number of nitrogens with zero attached hydrogens (tertiary/aromatic N) is 3. The van der Waals surface area contributed by atoms with Crippen molar-refractivity contribution < 1.29 is 9.90 Å². The van der Waals surface area contributed by atoms with Gasteiger partial charge >= 0.3 is 0 Å². The van der Waals surface area contributed by atoms with Crippen LogP contribution < -0.4 is 5.32 Å². The number of aliphatic hydroxyl groups is 1. The van der Waals surface area contributed by atoms with Crippen molar-refractivity contribution in [1.82, 2.24) is 19.6 Å². The Kier molecular flexibility index (Phi) is 3.66. The number of hydrogen-bond donors (Lipinski definition) is 2. The van der Waals surface area contributed by atoms with Gasteiger partial charge in [0.25, 0.3) is 5.91 Å². The maximum atomic E-state index is 12.1. The van der Waals surface area contributed by atoms with Crippen molar-refractivity contribution in [2.24, 2.45) is 0 Å². The lowest BCUT2D eigenvalue weighted by atomic mass is 10.3. The van der Waals surface area contributed by atoms with Crippen LogP contribution in [-0.2, 0) is 0 Å². The lowest BCUT2D eigenvalue weighted by molar-refractivity contribution is 0.0946. The van der Waals surface area contributed by atoms with Gasteiger partial charge in [0.2, 0.25) is 0 Å². The normalized spacial score (nSPS) is 19.6. The number of imidazole rings is 1. The molecule has 6 heteroatoms. The second-order valence-electron chi connectivity index (χ2n) is 5.09. The Morgan fingerprint density at radius 2 is 2.40 bits per heavy atom. The molecule has 0 aliphatic carbocycles. The van der Waals surface area contributed by atoms with Gasteiger partial charge in [0.05, 0.1) is 11.6 Å². The predicted molar refractivity (Wildman–Crippen MR) is 74.6 cm³/mol. The number of aromatic nitrogens is 2. The minimum absolute atomic E-state index is 0.154. The number of carbonyl (C=O) groups is 1. The molecular weight excluding hydrogens is 256 g/mol. The van der Waals surface area contributed by atoms with Gasteiger partial charge in [-0.25, -0.2) is 4.98 Å². The Bertz CT molecular complexity index is 610. The molecule has 1 saturated heterocycles. The number of β-amino-alcohol motifs (C(OH)–C–C–N with tert-alkyl or cyclic N) is 1. The molecule has 2 N–H and O–H groups in total. The van der Waals surface area contributed by atoms with Crippen molar-refractivity contribution in [1.29, 1.82) is 0 Å². The number of carbonyl (C=O) groups excluding carboxylic acids is 1. The minimum atomic E-state index is -0.220. The summed E-state index contributed by atoms with van der Waals surface area (Å²) in [5.41, 5.74) is 1.26. The Balaban J connectivity index is 1.57. The first kappa shape index (κ1) is 13.1. The highest BCUT2D eigenvalue weighted by atomic mass is 16.3. The van der Waals surface area contributed by atoms with Crippen LogP contribution >= 0.6 is 0 Å². The molecule has 3 heterocycles. The largest absolute Gasteiger partial charge is 0.392 e. The molecule has 0 aromatic carbocycles. The van der Waals surface area contributed by atoms with E-state index in [0.29, 0.717) is 18.8 Å². The average Bonchev–Trinajstić information content (AvgIpc) is 3.05. The van der Waals surface area contributed by atoms with Crippen LogP contribution in [0.1, 0.15) is 16.9 Å². The highest BCUT2D eigenvalue weighted by Crippen LogP contribution is 2.09. The molecule has 1 amide bonds. The number of rotatable bonds is 4. The summed E-state index contributed by atoms with van der Waals surface area (Å²) < 4.78 is 1.83. The van der Waals surface area contributed by atoms with E-state index < -0.39 is 0 Å². The molecular formula is C14H18N4O2. The average molecular weight is 274 g/mol. The zero-order valence-electron chi connectivity index (χ0n) is 11.2. The fourth-order valence-electron chi connectivity index (χ4n) is 2.54. The van der Waals surface area contributed by atoms with E-state index >= 15 is 0 Å². The number of amides is 1. The second-order valence-corrected chi connectivity index (χ2v) is 5.09. The molecule has 0 saturated carbocycles. The molecule has 2 aromatic heterocycles. The highest BCUT2D eigenvalue weighted by Gasteiger charge is 2.20. The van der Waals surface area contributed by atoms with E-state index in [1.165, 1.54) is 0 Å². The number of pyridine rings is 1. The smallest absolute Gasteiger partial charge is 0.272 e. The maximum Gasteiger partial charge on any atom is 0.272 e. The number of nitrogens with one attached hydrogen (secondary N) is 1. The number of likely N-dealkylation sites (tertiary alicyclic amines) is 1. The molecule has 2 aromatic rings. The van der Waals surface area contributed by atoms with E-state index in [1.54, 1.807) is 6.33 Å². The first-order valence-corrected chi connectivity index (χ1v) is 6.84. The van der Waals surface area contributed by atoms with Crippen molar-refractivity contribution >= 4 is 11.4 Å². The van der Waals surface area contributed by atoms with Crippen LogP contribution in [-0.4, -0.2) is 57.6 Å². The van der Waals surface area contributed by atoms with Gasteiger partial charge in [0.1, 0.15) is 6.33 Å². The first-order valence-electron chi connectivity index (χ1n) is 6.84. The first-order chi connectivity index (χ1) is 9.74. The summed E-state index contributed by atoms with van der Waals surface area (Å²) in [6.07, 6.45) is 4.11. The van der Waals surface area contributed by atoms with Crippen LogP contribution in [0.5, 0.6) is 0 Å². The third-order valence-electron chi connectivity index (χ3n) is 3.62. The fourth-order valence-corrected chi connectivity index (χ4v) is 2.54. The van der Waals surface area contributed by atoms with Crippen LogP contribution in [0, 0.1) is 0 Å². The molecule has 0 spiro atoms. The van der Waals surface area contributed by atoms with Crippen molar-refractivity contribution in [2.75, 3.05) is 26.2 Å². The van der Waals surface area contributed by atoms with Crippen molar-refractivity contribution in [3.05, 3.63) is 36.4 Å². The van der Waals surface area contributed by atoms with E-state index in [4.69, 9.17) is 0 Å². The molecule has 3 rings (SSSR count). The molecule has 0 unspecified atom stereocenters. The number of aliphatic hydroxyl groups excluding tert-OH is 1. The molecule has 1 fully saturated rings. The van der Waals surface area contributed by atoms with Gasteiger partial charge in [0, 0.05) is 32.4 Å².